The van der Waals surface area contributed by atoms with Crippen LogP contribution in [0.1, 0.15) is 41.3 Å². The summed E-state index contributed by atoms with van der Waals surface area (Å²) in [5, 5.41) is 0. The van der Waals surface area contributed by atoms with Crippen molar-refractivity contribution in [2.75, 3.05) is 6.61 Å². The second kappa shape index (κ2) is 4.39. The van der Waals surface area contributed by atoms with Gasteiger partial charge in [0.25, 0.3) is 0 Å². The van der Waals surface area contributed by atoms with Crippen LogP contribution in [-0.2, 0) is 17.6 Å². The number of aromatic nitrogens is 2. The van der Waals surface area contributed by atoms with E-state index in [4.69, 9.17) is 4.74 Å². The molecule has 1 aliphatic rings. The van der Waals surface area contributed by atoms with E-state index in [-0.39, 0.29) is 5.97 Å². The van der Waals surface area contributed by atoms with Gasteiger partial charge in [0, 0.05) is 16.8 Å². The molecule has 2 aromatic heterocycles. The molecule has 0 bridgehead atoms. The molecule has 18 heavy (non-hydrogen) atoms. The van der Waals surface area contributed by atoms with Gasteiger partial charge in [-0.25, -0.2) is 9.78 Å². The van der Waals surface area contributed by atoms with Gasteiger partial charge in [-0.05, 0) is 32.1 Å². The van der Waals surface area contributed by atoms with Crippen molar-refractivity contribution in [3.63, 3.8) is 0 Å². The van der Waals surface area contributed by atoms with Crippen molar-refractivity contribution < 1.29 is 9.53 Å². The molecule has 5 heteroatoms. The Balaban J connectivity index is 2.00. The van der Waals surface area contributed by atoms with E-state index in [9.17, 15) is 4.79 Å². The van der Waals surface area contributed by atoms with Crippen LogP contribution in [0.5, 0.6) is 0 Å². The van der Waals surface area contributed by atoms with Crippen molar-refractivity contribution in [2.24, 2.45) is 5.92 Å². The van der Waals surface area contributed by atoms with Crippen molar-refractivity contribution in [1.29, 1.82) is 0 Å². The zero-order valence-electron chi connectivity index (χ0n) is 10.6. The fourth-order valence-corrected chi connectivity index (χ4v) is 3.77. The van der Waals surface area contributed by atoms with Crippen molar-refractivity contribution in [3.8, 4) is 0 Å². The number of rotatable bonds is 2. The standard InChI is InChI=1S/C13H16N2O2S/c1-3-17-12(16)9-7-15-10-5-4-8(2)6-11(10)18-13(15)14-9/h7-8H,3-6H2,1-2H3. The molecule has 2 aromatic rings. The van der Waals surface area contributed by atoms with Crippen molar-refractivity contribution in [1.82, 2.24) is 9.38 Å². The quantitative estimate of drug-likeness (QED) is 0.783. The maximum atomic E-state index is 11.6. The Bertz CT molecular complexity index is 599. The van der Waals surface area contributed by atoms with E-state index in [2.05, 4.69) is 16.3 Å². The molecule has 3 rings (SSSR count). The van der Waals surface area contributed by atoms with E-state index in [1.165, 1.54) is 17.0 Å². The van der Waals surface area contributed by atoms with Crippen LogP contribution in [0.3, 0.4) is 0 Å². The second-order valence-electron chi connectivity index (χ2n) is 4.82. The second-order valence-corrected chi connectivity index (χ2v) is 5.88. The van der Waals surface area contributed by atoms with Gasteiger partial charge < -0.3 is 4.74 Å². The van der Waals surface area contributed by atoms with E-state index in [1.807, 2.05) is 6.20 Å². The summed E-state index contributed by atoms with van der Waals surface area (Å²) in [4.78, 5) is 18.3. The summed E-state index contributed by atoms with van der Waals surface area (Å²) in [6.45, 7) is 4.48. The largest absolute Gasteiger partial charge is 0.461 e. The Labute approximate surface area is 110 Å². The number of carbonyl (C=O) groups excluding carboxylic acids is 1. The summed E-state index contributed by atoms with van der Waals surface area (Å²) < 4.78 is 7.05. The summed E-state index contributed by atoms with van der Waals surface area (Å²) in [7, 11) is 0. The molecule has 2 heterocycles. The van der Waals surface area contributed by atoms with Crippen molar-refractivity contribution >= 4 is 22.3 Å². The van der Waals surface area contributed by atoms with Gasteiger partial charge in [0.1, 0.15) is 0 Å². The van der Waals surface area contributed by atoms with E-state index in [1.54, 1.807) is 18.3 Å². The number of thiazole rings is 1. The van der Waals surface area contributed by atoms with Crippen LogP contribution in [-0.4, -0.2) is 22.0 Å². The minimum absolute atomic E-state index is 0.327. The van der Waals surface area contributed by atoms with E-state index in [0.717, 1.165) is 23.7 Å². The molecule has 0 amide bonds. The third-order valence-electron chi connectivity index (χ3n) is 3.39. The number of carbonyl (C=O) groups is 1. The molecule has 0 radical (unpaired) electrons. The van der Waals surface area contributed by atoms with Gasteiger partial charge in [0.2, 0.25) is 0 Å². The average Bonchev–Trinajstić information content (AvgIpc) is 2.85. The molecular formula is C13H16N2O2S. The summed E-state index contributed by atoms with van der Waals surface area (Å²) in [5.74, 6) is 0.428. The Kier molecular flexibility index (Phi) is 2.86. The number of esters is 1. The normalized spacial score (nSPS) is 18.9. The summed E-state index contributed by atoms with van der Waals surface area (Å²) >= 11 is 1.70. The summed E-state index contributed by atoms with van der Waals surface area (Å²) in [5.41, 5.74) is 1.75. The lowest BCUT2D eigenvalue weighted by Crippen LogP contribution is -2.10. The smallest absolute Gasteiger partial charge is 0.358 e. The van der Waals surface area contributed by atoms with Gasteiger partial charge >= 0.3 is 5.97 Å². The number of aryl methyl sites for hydroxylation is 1. The van der Waals surface area contributed by atoms with Gasteiger partial charge in [-0.15, -0.1) is 11.3 Å². The number of ether oxygens (including phenoxy) is 1. The van der Waals surface area contributed by atoms with Crippen LogP contribution in [0.2, 0.25) is 0 Å². The minimum atomic E-state index is -0.327. The maximum Gasteiger partial charge on any atom is 0.358 e. The third-order valence-corrected chi connectivity index (χ3v) is 4.51. The Morgan fingerprint density at radius 1 is 1.67 bits per heavy atom. The summed E-state index contributed by atoms with van der Waals surface area (Å²) in [6.07, 6.45) is 5.25. The fraction of sp³-hybridized carbons (Fsp3) is 0.538. The van der Waals surface area contributed by atoms with Gasteiger partial charge in [0.05, 0.1) is 6.61 Å². The molecule has 0 N–H and O–H groups in total. The van der Waals surface area contributed by atoms with E-state index >= 15 is 0 Å². The molecule has 1 aliphatic carbocycles. The fourth-order valence-electron chi connectivity index (χ4n) is 2.46. The zero-order chi connectivity index (χ0) is 12.7. The lowest BCUT2D eigenvalue weighted by atomic mass is 9.93. The van der Waals surface area contributed by atoms with Gasteiger partial charge in [-0.1, -0.05) is 6.92 Å². The molecular weight excluding hydrogens is 248 g/mol. The average molecular weight is 264 g/mol. The lowest BCUT2D eigenvalue weighted by molar-refractivity contribution is 0.0520. The van der Waals surface area contributed by atoms with E-state index < -0.39 is 0 Å². The molecule has 0 aliphatic heterocycles. The highest BCUT2D eigenvalue weighted by Gasteiger charge is 2.23. The van der Waals surface area contributed by atoms with Crippen molar-refractivity contribution in [3.05, 3.63) is 22.5 Å². The Hall–Kier alpha value is -1.36. The lowest BCUT2D eigenvalue weighted by Gasteiger charge is -2.17. The first-order valence-corrected chi connectivity index (χ1v) is 7.17. The molecule has 4 nitrogen and oxygen atoms in total. The molecule has 1 atom stereocenters. The third kappa shape index (κ3) is 1.82. The Morgan fingerprint density at radius 2 is 2.50 bits per heavy atom. The number of nitrogens with zero attached hydrogens (tertiary/aromatic N) is 2. The highest BCUT2D eigenvalue weighted by atomic mass is 32.1. The number of hydrogen-bond acceptors (Lipinski definition) is 4. The van der Waals surface area contributed by atoms with Crippen LogP contribution < -0.4 is 0 Å². The monoisotopic (exact) mass is 264 g/mol. The van der Waals surface area contributed by atoms with Gasteiger partial charge in [-0.2, -0.15) is 0 Å². The zero-order valence-corrected chi connectivity index (χ0v) is 11.4. The SMILES string of the molecule is CCOC(=O)c1cn2c3c(sc2n1)CC(C)CC3. The molecule has 0 spiro atoms. The molecule has 0 saturated heterocycles. The topological polar surface area (TPSA) is 43.6 Å². The van der Waals surface area contributed by atoms with Crippen LogP contribution >= 0.6 is 11.3 Å². The maximum absolute atomic E-state index is 11.6. The molecule has 0 aromatic carbocycles. The highest BCUT2D eigenvalue weighted by Crippen LogP contribution is 2.32. The van der Waals surface area contributed by atoms with Crippen LogP contribution in [0, 0.1) is 5.92 Å². The van der Waals surface area contributed by atoms with Gasteiger partial charge in [0.15, 0.2) is 10.7 Å². The van der Waals surface area contributed by atoms with E-state index in [0.29, 0.717) is 12.3 Å². The van der Waals surface area contributed by atoms with Crippen LogP contribution in [0.25, 0.3) is 4.96 Å². The number of hydrogen-bond donors (Lipinski definition) is 0. The molecule has 0 saturated carbocycles. The highest BCUT2D eigenvalue weighted by molar-refractivity contribution is 7.17. The molecule has 1 unspecified atom stereocenters. The molecule has 96 valence electrons. The first-order chi connectivity index (χ1) is 8.69. The Morgan fingerprint density at radius 3 is 3.28 bits per heavy atom. The first kappa shape index (κ1) is 11.7. The van der Waals surface area contributed by atoms with Crippen LogP contribution in [0.15, 0.2) is 6.20 Å². The van der Waals surface area contributed by atoms with Crippen molar-refractivity contribution in [2.45, 2.75) is 33.1 Å². The predicted molar refractivity (Wildman–Crippen MR) is 70.2 cm³/mol. The molecule has 0 fully saturated rings. The first-order valence-electron chi connectivity index (χ1n) is 6.35. The number of imidazole rings is 1. The van der Waals surface area contributed by atoms with Gasteiger partial charge in [-0.3, -0.25) is 4.40 Å². The van der Waals surface area contributed by atoms with Crippen LogP contribution in [0.4, 0.5) is 0 Å². The number of fused-ring (bicyclic) bond motifs is 3. The minimum Gasteiger partial charge on any atom is -0.461 e. The predicted octanol–water partition coefficient (Wildman–Crippen LogP) is 2.70. The summed E-state index contributed by atoms with van der Waals surface area (Å²) in [6, 6.07) is 0.